The van der Waals surface area contributed by atoms with Gasteiger partial charge in [-0.05, 0) is 29.8 Å². The molecule has 4 nitrogen and oxygen atoms in total. The summed E-state index contributed by atoms with van der Waals surface area (Å²) in [6.45, 7) is 0.563. The predicted octanol–water partition coefficient (Wildman–Crippen LogP) is 3.18. The summed E-state index contributed by atoms with van der Waals surface area (Å²) < 4.78 is 0. The number of para-hydroxylation sites is 1. The maximum absolute atomic E-state index is 8.73. The molecule has 0 aliphatic carbocycles. The first kappa shape index (κ1) is 12.3. The molecule has 2 aromatic rings. The van der Waals surface area contributed by atoms with Gasteiger partial charge in [0, 0.05) is 18.4 Å². The van der Waals surface area contributed by atoms with E-state index >= 15 is 0 Å². The maximum atomic E-state index is 8.73. The van der Waals surface area contributed by atoms with Crippen molar-refractivity contribution >= 4 is 23.1 Å². The first-order valence-electron chi connectivity index (χ1n) is 5.49. The van der Waals surface area contributed by atoms with Crippen molar-refractivity contribution in [3.05, 3.63) is 47.9 Å². The first-order chi connectivity index (χ1) is 8.81. The zero-order valence-corrected chi connectivity index (χ0v) is 10.4. The van der Waals surface area contributed by atoms with Crippen LogP contribution in [0.15, 0.2) is 42.6 Å². The minimum atomic E-state index is 0.199. The van der Waals surface area contributed by atoms with E-state index in [1.807, 2.05) is 35.2 Å². The van der Waals surface area contributed by atoms with Crippen molar-refractivity contribution in [3.63, 3.8) is 0 Å². The van der Waals surface area contributed by atoms with E-state index in [2.05, 4.69) is 16.0 Å². The summed E-state index contributed by atoms with van der Waals surface area (Å²) >= 11 is 5.80. The van der Waals surface area contributed by atoms with Crippen molar-refractivity contribution in [1.82, 2.24) is 9.97 Å². The lowest BCUT2D eigenvalue weighted by molar-refractivity contribution is 0.920. The number of nitriles is 1. The second-order valence-electron chi connectivity index (χ2n) is 3.58. The molecule has 0 saturated carbocycles. The third-order valence-corrected chi connectivity index (χ3v) is 2.59. The fraction of sp³-hybridized carbons (Fsp3) is 0.154. The molecule has 0 radical (unpaired) electrons. The molecule has 0 spiro atoms. The number of anilines is 2. The van der Waals surface area contributed by atoms with Crippen LogP contribution in [0.4, 0.5) is 11.5 Å². The largest absolute Gasteiger partial charge is 0.325 e. The summed E-state index contributed by atoms with van der Waals surface area (Å²) in [6, 6.07) is 13.7. The summed E-state index contributed by atoms with van der Waals surface area (Å²) in [6.07, 6.45) is 2.02. The smallest absolute Gasteiger partial charge is 0.224 e. The molecule has 0 amide bonds. The van der Waals surface area contributed by atoms with Crippen LogP contribution >= 0.6 is 11.6 Å². The Morgan fingerprint density at radius 2 is 2.00 bits per heavy atom. The molecule has 18 heavy (non-hydrogen) atoms. The first-order valence-corrected chi connectivity index (χ1v) is 5.87. The van der Waals surface area contributed by atoms with Gasteiger partial charge in [-0.15, -0.1) is 0 Å². The van der Waals surface area contributed by atoms with Gasteiger partial charge in [0.15, 0.2) is 0 Å². The lowest BCUT2D eigenvalue weighted by Gasteiger charge is -2.22. The van der Waals surface area contributed by atoms with Gasteiger partial charge in [0.25, 0.3) is 0 Å². The molecular weight excluding hydrogens is 248 g/mol. The molecule has 1 aromatic carbocycles. The molecular formula is C13H11ClN4. The van der Waals surface area contributed by atoms with Gasteiger partial charge in [-0.1, -0.05) is 18.2 Å². The number of hydrogen-bond donors (Lipinski definition) is 0. The van der Waals surface area contributed by atoms with Gasteiger partial charge in [0.1, 0.15) is 5.82 Å². The number of rotatable bonds is 4. The van der Waals surface area contributed by atoms with Crippen LogP contribution < -0.4 is 4.90 Å². The minimum absolute atomic E-state index is 0.199. The van der Waals surface area contributed by atoms with Crippen molar-refractivity contribution in [1.29, 1.82) is 5.26 Å². The Labute approximate surface area is 110 Å². The van der Waals surface area contributed by atoms with Crippen LogP contribution in [0.3, 0.4) is 0 Å². The summed E-state index contributed by atoms with van der Waals surface area (Å²) in [5.74, 6) is 0.691. The van der Waals surface area contributed by atoms with E-state index in [4.69, 9.17) is 16.9 Å². The van der Waals surface area contributed by atoms with E-state index < -0.39 is 0 Å². The standard InChI is InChI=1S/C13H11ClN4/c14-13-16-9-7-12(17-13)18(10-4-8-15)11-5-2-1-3-6-11/h1-3,5-7,9H,4,10H2. The maximum Gasteiger partial charge on any atom is 0.224 e. The topological polar surface area (TPSA) is 52.8 Å². The van der Waals surface area contributed by atoms with Gasteiger partial charge >= 0.3 is 0 Å². The normalized spacial score (nSPS) is 9.78. The number of halogens is 1. The van der Waals surface area contributed by atoms with Crippen molar-refractivity contribution in [2.24, 2.45) is 0 Å². The van der Waals surface area contributed by atoms with Crippen molar-refractivity contribution < 1.29 is 0 Å². The van der Waals surface area contributed by atoms with Gasteiger partial charge in [-0.3, -0.25) is 0 Å². The van der Waals surface area contributed by atoms with E-state index in [1.54, 1.807) is 12.3 Å². The molecule has 0 bridgehead atoms. The second kappa shape index (κ2) is 5.99. The second-order valence-corrected chi connectivity index (χ2v) is 3.92. The van der Waals surface area contributed by atoms with E-state index in [-0.39, 0.29) is 5.28 Å². The quantitative estimate of drug-likeness (QED) is 0.791. The fourth-order valence-corrected chi connectivity index (χ4v) is 1.77. The molecule has 0 aliphatic heterocycles. The monoisotopic (exact) mass is 258 g/mol. The number of aromatic nitrogens is 2. The van der Waals surface area contributed by atoms with E-state index in [1.165, 1.54) is 0 Å². The van der Waals surface area contributed by atoms with Crippen LogP contribution in [-0.4, -0.2) is 16.5 Å². The minimum Gasteiger partial charge on any atom is -0.325 e. The van der Waals surface area contributed by atoms with Gasteiger partial charge in [-0.25, -0.2) is 9.97 Å². The molecule has 1 heterocycles. The van der Waals surface area contributed by atoms with Crippen molar-refractivity contribution in [3.8, 4) is 6.07 Å². The van der Waals surface area contributed by atoms with Crippen molar-refractivity contribution in [2.45, 2.75) is 6.42 Å². The third kappa shape index (κ3) is 2.96. The van der Waals surface area contributed by atoms with Gasteiger partial charge in [0.05, 0.1) is 12.5 Å². The number of nitrogens with zero attached hydrogens (tertiary/aromatic N) is 4. The van der Waals surface area contributed by atoms with E-state index in [0.29, 0.717) is 18.8 Å². The van der Waals surface area contributed by atoms with E-state index in [0.717, 1.165) is 5.69 Å². The van der Waals surface area contributed by atoms with Crippen LogP contribution in [0.25, 0.3) is 0 Å². The summed E-state index contributed by atoms with van der Waals surface area (Å²) in [5, 5.41) is 8.93. The molecule has 1 aromatic heterocycles. The number of hydrogen-bond acceptors (Lipinski definition) is 4. The van der Waals surface area contributed by atoms with Crippen LogP contribution in [0.5, 0.6) is 0 Å². The Hall–Kier alpha value is -2.12. The zero-order valence-electron chi connectivity index (χ0n) is 9.62. The summed E-state index contributed by atoms with van der Waals surface area (Å²) in [5.41, 5.74) is 0.975. The van der Waals surface area contributed by atoms with Crippen LogP contribution in [0.2, 0.25) is 5.28 Å². The predicted molar refractivity (Wildman–Crippen MR) is 70.7 cm³/mol. The molecule has 0 atom stereocenters. The molecule has 0 aliphatic rings. The average Bonchev–Trinajstić information content (AvgIpc) is 2.40. The highest BCUT2D eigenvalue weighted by molar-refractivity contribution is 6.28. The van der Waals surface area contributed by atoms with Gasteiger partial charge in [0.2, 0.25) is 5.28 Å². The molecule has 0 unspecified atom stereocenters. The summed E-state index contributed by atoms with van der Waals surface area (Å²) in [7, 11) is 0. The Morgan fingerprint density at radius 1 is 1.22 bits per heavy atom. The molecule has 2 rings (SSSR count). The lowest BCUT2D eigenvalue weighted by atomic mass is 10.2. The Kier molecular flexibility index (Phi) is 4.11. The molecule has 0 fully saturated rings. The van der Waals surface area contributed by atoms with Gasteiger partial charge in [-0.2, -0.15) is 5.26 Å². The van der Waals surface area contributed by atoms with Gasteiger partial charge < -0.3 is 4.90 Å². The molecule has 5 heteroatoms. The fourth-order valence-electron chi connectivity index (χ4n) is 1.62. The van der Waals surface area contributed by atoms with Crippen LogP contribution in [0, 0.1) is 11.3 Å². The van der Waals surface area contributed by atoms with Crippen molar-refractivity contribution in [2.75, 3.05) is 11.4 Å². The van der Waals surface area contributed by atoms with Crippen LogP contribution in [0.1, 0.15) is 6.42 Å². The Bertz CT molecular complexity index is 550. The summed E-state index contributed by atoms with van der Waals surface area (Å²) in [4.78, 5) is 9.97. The Balaban J connectivity index is 2.34. The number of benzene rings is 1. The lowest BCUT2D eigenvalue weighted by Crippen LogP contribution is -2.19. The Morgan fingerprint density at radius 3 is 2.67 bits per heavy atom. The highest BCUT2D eigenvalue weighted by Crippen LogP contribution is 2.23. The molecule has 0 N–H and O–H groups in total. The average molecular weight is 259 g/mol. The molecule has 90 valence electrons. The molecule has 0 saturated heterocycles. The SMILES string of the molecule is N#CCCN(c1ccccc1)c1ccnc(Cl)n1. The third-order valence-electron chi connectivity index (χ3n) is 2.40. The zero-order chi connectivity index (χ0) is 12.8. The highest BCUT2D eigenvalue weighted by Gasteiger charge is 2.10. The highest BCUT2D eigenvalue weighted by atomic mass is 35.5. The van der Waals surface area contributed by atoms with Crippen LogP contribution in [-0.2, 0) is 0 Å². The van der Waals surface area contributed by atoms with E-state index in [9.17, 15) is 0 Å².